The van der Waals surface area contributed by atoms with Crippen LogP contribution in [-0.4, -0.2) is 72.3 Å². The molecule has 20 N–H and O–H groups in total. The molecule has 0 radical (unpaired) electrons. The van der Waals surface area contributed by atoms with Gasteiger partial charge in [0, 0.05) is 44.2 Å². The molecule has 0 aromatic carbocycles. The van der Waals surface area contributed by atoms with Crippen LogP contribution in [0.2, 0.25) is 0 Å². The molecule has 0 spiro atoms. The highest BCUT2D eigenvalue weighted by molar-refractivity contribution is 5.66. The van der Waals surface area contributed by atoms with Crippen molar-refractivity contribution in [2.24, 2.45) is 45.9 Å². The Morgan fingerprint density at radius 1 is 0.271 bits per heavy atom. The lowest BCUT2D eigenvalue weighted by Crippen LogP contribution is -2.16. The number of hydrogen-bond donors (Lipinski definition) is 12. The summed E-state index contributed by atoms with van der Waals surface area (Å²) in [6.45, 7) is 4.10. The molecule has 0 aliphatic carbocycles. The molecule has 12 nitrogen and oxygen atoms in total. The van der Waals surface area contributed by atoms with E-state index in [2.05, 4.69) is 44.2 Å². The van der Waals surface area contributed by atoms with Crippen molar-refractivity contribution in [3.63, 3.8) is 0 Å². The molecule has 0 saturated carbocycles. The minimum Gasteiger partial charge on any atom is -0.355 e. The third-order valence-electron chi connectivity index (χ3n) is 9.44. The molecule has 8 bridgehead atoms. The second-order valence-electron chi connectivity index (χ2n) is 12.5. The Morgan fingerprint density at radius 2 is 0.458 bits per heavy atom. The molecule has 260 valence electrons. The number of aromatic amines is 4. The molecule has 4 aromatic rings. The molecule has 0 fully saturated rings. The predicted molar refractivity (Wildman–Crippen MR) is 198 cm³/mol. The number of fused-ring (bicyclic) bond motifs is 8. The van der Waals surface area contributed by atoms with Gasteiger partial charge in [0.2, 0.25) is 0 Å². The summed E-state index contributed by atoms with van der Waals surface area (Å²) in [4.78, 5) is 15.1. The van der Waals surface area contributed by atoms with Crippen LogP contribution in [0.3, 0.4) is 0 Å². The van der Waals surface area contributed by atoms with Crippen LogP contribution < -0.4 is 67.3 Å². The normalized spacial score (nSPS) is 12.5. The summed E-state index contributed by atoms with van der Waals surface area (Å²) in [5, 5.41) is 4.02. The fourth-order valence-electron chi connectivity index (χ4n) is 7.49. The summed E-state index contributed by atoms with van der Waals surface area (Å²) in [6.07, 6.45) is 14.5. The summed E-state index contributed by atoms with van der Waals surface area (Å²) >= 11 is 0. The van der Waals surface area contributed by atoms with Crippen LogP contribution in [0.15, 0.2) is 0 Å². The van der Waals surface area contributed by atoms with Crippen LogP contribution in [0.1, 0.15) is 67.3 Å². The Labute approximate surface area is 282 Å². The van der Waals surface area contributed by atoms with E-state index in [-0.39, 0.29) is 0 Å². The van der Waals surface area contributed by atoms with E-state index in [0.29, 0.717) is 104 Å². The molecule has 1 aliphatic rings. The van der Waals surface area contributed by atoms with Gasteiger partial charge in [0.25, 0.3) is 0 Å². The highest BCUT2D eigenvalue weighted by Crippen LogP contribution is 2.24. The Morgan fingerprint density at radius 3 is 0.646 bits per heavy atom. The van der Waals surface area contributed by atoms with Gasteiger partial charge in [-0.15, -0.1) is 0 Å². The first-order valence-corrected chi connectivity index (χ1v) is 17.4. The summed E-state index contributed by atoms with van der Waals surface area (Å²) in [6, 6.07) is 0. The molecule has 0 atom stereocenters. The Balaban J connectivity index is 2.01. The fraction of sp³-hybridized carbons (Fsp3) is 0.444. The largest absolute Gasteiger partial charge is 0.355 e. The quantitative estimate of drug-likeness (QED) is 0.0508. The maximum absolute atomic E-state index is 6.20. The maximum atomic E-state index is 6.20. The van der Waals surface area contributed by atoms with E-state index < -0.39 is 0 Å². The van der Waals surface area contributed by atoms with Crippen LogP contribution in [0.4, 0.5) is 0 Å². The molecule has 5 heterocycles. The fourth-order valence-corrected chi connectivity index (χ4v) is 7.49. The molecular formula is C36H56N12. The van der Waals surface area contributed by atoms with Crippen LogP contribution in [0, 0.1) is 0 Å². The number of nitrogens with one attached hydrogen (secondary N) is 4. The zero-order valence-electron chi connectivity index (χ0n) is 28.2. The molecular weight excluding hydrogens is 600 g/mol. The number of hydrogen-bond acceptors (Lipinski definition) is 8. The summed E-state index contributed by atoms with van der Waals surface area (Å²) in [5.41, 5.74) is 63.0. The van der Waals surface area contributed by atoms with Gasteiger partial charge in [-0.05, 0) is 173 Å². The summed E-state index contributed by atoms with van der Waals surface area (Å²) < 4.78 is 0. The molecule has 0 saturated heterocycles. The maximum Gasteiger partial charge on any atom is 0.0441 e. The summed E-state index contributed by atoms with van der Waals surface area (Å²) in [5.74, 6) is 0. The van der Waals surface area contributed by atoms with Crippen molar-refractivity contribution in [3.05, 3.63) is 88.7 Å². The highest BCUT2D eigenvalue weighted by atomic mass is 14.8. The van der Waals surface area contributed by atoms with Gasteiger partial charge in [-0.2, -0.15) is 0 Å². The third-order valence-corrected chi connectivity index (χ3v) is 9.44. The van der Waals surface area contributed by atoms with Gasteiger partial charge in [0.15, 0.2) is 0 Å². The minimum atomic E-state index is 0.512. The van der Waals surface area contributed by atoms with E-state index in [4.69, 9.17) is 45.9 Å². The van der Waals surface area contributed by atoms with Crippen molar-refractivity contribution in [1.29, 1.82) is 0 Å². The second kappa shape index (κ2) is 16.6. The zero-order valence-corrected chi connectivity index (χ0v) is 28.2. The number of nitrogens with two attached hydrogens (primary N) is 8. The average molecular weight is 657 g/mol. The Hall–Kier alpha value is -3.72. The van der Waals surface area contributed by atoms with Crippen molar-refractivity contribution in [3.8, 4) is 0 Å². The van der Waals surface area contributed by atoms with E-state index in [1.807, 2.05) is 0 Å². The molecule has 5 rings (SSSR count). The molecule has 4 aromatic heterocycles. The average Bonchev–Trinajstić information content (AvgIpc) is 3.75. The lowest BCUT2D eigenvalue weighted by molar-refractivity contribution is 0.903. The standard InChI is InChI=1S/C36H56N12/c37-9-1-21-22(2-10-38)30-18-32-25(5-13-41)26(6-14-42)34(47-32)20-36-28(8-16-44)27(7-15-43)35(48-36)19-33-24(4-12-40)23(3-11-39)31(46-33)17-29(21)45-30/h17-20,45-48H,1-16,37-44H2. The van der Waals surface area contributed by atoms with Gasteiger partial charge in [0.1, 0.15) is 0 Å². The van der Waals surface area contributed by atoms with Crippen molar-refractivity contribution in [2.75, 3.05) is 52.4 Å². The topological polar surface area (TPSA) is 271 Å². The van der Waals surface area contributed by atoms with Crippen molar-refractivity contribution in [1.82, 2.24) is 19.9 Å². The first-order valence-electron chi connectivity index (χ1n) is 17.4. The summed E-state index contributed by atoms with van der Waals surface area (Å²) in [7, 11) is 0. The van der Waals surface area contributed by atoms with Gasteiger partial charge in [-0.1, -0.05) is 0 Å². The smallest absolute Gasteiger partial charge is 0.0441 e. The van der Waals surface area contributed by atoms with Crippen LogP contribution in [-0.2, 0) is 51.4 Å². The van der Waals surface area contributed by atoms with E-state index >= 15 is 0 Å². The van der Waals surface area contributed by atoms with Crippen LogP contribution in [0.5, 0.6) is 0 Å². The Kier molecular flexibility index (Phi) is 12.3. The molecule has 0 amide bonds. The van der Waals surface area contributed by atoms with Crippen molar-refractivity contribution < 1.29 is 0 Å². The van der Waals surface area contributed by atoms with Crippen molar-refractivity contribution in [2.45, 2.75) is 51.4 Å². The molecule has 1 aliphatic heterocycles. The number of rotatable bonds is 16. The molecule has 12 heteroatoms. The van der Waals surface area contributed by atoms with Gasteiger partial charge in [0.05, 0.1) is 0 Å². The van der Waals surface area contributed by atoms with Crippen molar-refractivity contribution >= 4 is 24.3 Å². The van der Waals surface area contributed by atoms with E-state index in [9.17, 15) is 0 Å². The highest BCUT2D eigenvalue weighted by Gasteiger charge is 2.20. The first kappa shape index (κ1) is 35.6. The zero-order chi connectivity index (χ0) is 34.2. The van der Waals surface area contributed by atoms with Gasteiger partial charge in [-0.25, -0.2) is 0 Å². The van der Waals surface area contributed by atoms with Gasteiger partial charge < -0.3 is 65.8 Å². The lowest BCUT2D eigenvalue weighted by atomic mass is 9.99. The van der Waals surface area contributed by atoms with Gasteiger partial charge in [-0.3, -0.25) is 0 Å². The first-order chi connectivity index (χ1) is 23.5. The predicted octanol–water partition coefficient (Wildman–Crippen LogP) is -3.36. The SMILES string of the molecule is NCCc1c2[nH]c(c1CCN)C=c1[nH]c(c(CCN)c1CCN)=Cc1[nH]c(c(CCN)c1CCN)C=c1[nH]c(c(CCN)c1CCN)=C2. The second-order valence-corrected chi connectivity index (χ2v) is 12.5. The van der Waals surface area contributed by atoms with E-state index in [1.165, 1.54) is 44.5 Å². The number of H-pyrrole nitrogens is 4. The van der Waals surface area contributed by atoms with Gasteiger partial charge >= 0.3 is 0 Å². The Bertz CT molecular complexity index is 1660. The lowest BCUT2D eigenvalue weighted by Gasteiger charge is -2.05. The van der Waals surface area contributed by atoms with Crippen LogP contribution in [0.25, 0.3) is 24.3 Å². The minimum absolute atomic E-state index is 0.512. The molecule has 48 heavy (non-hydrogen) atoms. The number of aromatic nitrogens is 4. The monoisotopic (exact) mass is 656 g/mol. The van der Waals surface area contributed by atoms with Crippen LogP contribution >= 0.6 is 0 Å². The third kappa shape index (κ3) is 7.16. The van der Waals surface area contributed by atoms with E-state index in [1.54, 1.807) is 0 Å². The van der Waals surface area contributed by atoms with E-state index in [0.717, 1.165) is 44.2 Å². The molecule has 0 unspecified atom stereocenters.